The van der Waals surface area contributed by atoms with Crippen molar-refractivity contribution in [2.75, 3.05) is 11.9 Å². The second kappa shape index (κ2) is 4.76. The zero-order chi connectivity index (χ0) is 13.3. The van der Waals surface area contributed by atoms with E-state index in [1.54, 1.807) is 18.5 Å². The average Bonchev–Trinajstić information content (AvgIpc) is 2.36. The molecule has 4 nitrogen and oxygen atoms in total. The Morgan fingerprint density at radius 2 is 2.06 bits per heavy atom. The third-order valence-electron chi connectivity index (χ3n) is 3.09. The van der Waals surface area contributed by atoms with E-state index >= 15 is 0 Å². The molecule has 0 N–H and O–H groups in total. The Labute approximate surface area is 107 Å². The van der Waals surface area contributed by atoms with E-state index in [0.717, 1.165) is 16.6 Å². The first-order valence-electron chi connectivity index (χ1n) is 5.99. The summed E-state index contributed by atoms with van der Waals surface area (Å²) in [5, 5.41) is 0.949. The number of carbonyl (C=O) groups is 1. The van der Waals surface area contributed by atoms with Gasteiger partial charge in [-0.2, -0.15) is 0 Å². The molecule has 0 amide bonds. The quantitative estimate of drug-likeness (QED) is 0.758. The van der Waals surface area contributed by atoms with Gasteiger partial charge in [-0.05, 0) is 26.0 Å². The summed E-state index contributed by atoms with van der Waals surface area (Å²) in [7, 11) is 3.53. The molecular formula is C13H16BN3O. The molecule has 2 heterocycles. The Kier molecular flexibility index (Phi) is 3.32. The van der Waals surface area contributed by atoms with Crippen LogP contribution in [0.15, 0.2) is 24.5 Å². The number of hydrogen-bond acceptors (Lipinski definition) is 4. The molecule has 5 heteroatoms. The fourth-order valence-corrected chi connectivity index (χ4v) is 1.76. The largest absolute Gasteiger partial charge is 0.369 e. The van der Waals surface area contributed by atoms with Gasteiger partial charge < -0.3 is 9.69 Å². The number of anilines is 1. The lowest BCUT2D eigenvalue weighted by Crippen LogP contribution is -2.26. The van der Waals surface area contributed by atoms with Gasteiger partial charge in [0.25, 0.3) is 0 Å². The Hall–Kier alpha value is -1.91. The molecule has 2 rings (SSSR count). The van der Waals surface area contributed by atoms with Crippen molar-refractivity contribution < 1.29 is 4.79 Å². The molecule has 18 heavy (non-hydrogen) atoms. The highest BCUT2D eigenvalue weighted by molar-refractivity contribution is 6.62. The second-order valence-electron chi connectivity index (χ2n) is 4.69. The van der Waals surface area contributed by atoms with Crippen molar-refractivity contribution in [1.29, 1.82) is 0 Å². The summed E-state index contributed by atoms with van der Waals surface area (Å²) < 4.78 is 0. The number of aromatic nitrogens is 2. The maximum absolute atomic E-state index is 11.4. The Balaban J connectivity index is 2.66. The summed E-state index contributed by atoms with van der Waals surface area (Å²) in [5.74, 6) is 0. The lowest BCUT2D eigenvalue weighted by Gasteiger charge is -2.24. The zero-order valence-corrected chi connectivity index (χ0v) is 11.1. The topological polar surface area (TPSA) is 46.1 Å². The van der Waals surface area contributed by atoms with Crippen molar-refractivity contribution in [2.24, 2.45) is 0 Å². The van der Waals surface area contributed by atoms with Gasteiger partial charge in [-0.3, -0.25) is 4.98 Å². The minimum Gasteiger partial charge on any atom is -0.369 e. The molecule has 0 saturated heterocycles. The van der Waals surface area contributed by atoms with Gasteiger partial charge in [-0.15, -0.1) is 0 Å². The van der Waals surface area contributed by atoms with Crippen LogP contribution in [-0.4, -0.2) is 36.6 Å². The van der Waals surface area contributed by atoms with E-state index in [-0.39, 0.29) is 5.68 Å². The van der Waals surface area contributed by atoms with Gasteiger partial charge in [-0.1, -0.05) is 0 Å². The zero-order valence-electron chi connectivity index (χ0n) is 11.1. The molecular weight excluding hydrogens is 225 g/mol. The van der Waals surface area contributed by atoms with Crippen LogP contribution >= 0.6 is 0 Å². The van der Waals surface area contributed by atoms with Crippen LogP contribution in [0.2, 0.25) is 0 Å². The third-order valence-corrected chi connectivity index (χ3v) is 3.09. The predicted octanol–water partition coefficient (Wildman–Crippen LogP) is 1.25. The average molecular weight is 241 g/mol. The lowest BCUT2D eigenvalue weighted by molar-refractivity contribution is 0.107. The first kappa shape index (κ1) is 12.5. The highest BCUT2D eigenvalue weighted by Crippen LogP contribution is 2.24. The van der Waals surface area contributed by atoms with E-state index in [4.69, 9.17) is 0 Å². The second-order valence-corrected chi connectivity index (χ2v) is 4.69. The molecule has 0 aliphatic carbocycles. The standard InChI is InChI=1S/C13H16BN3O/c1-8(2)17(3)11-7-15-6-9-4-5-10(13(14)18)16-12(9)11/h4-8H,14H2,1-3H3. The number of rotatable bonds is 3. The molecule has 2 aromatic heterocycles. The van der Waals surface area contributed by atoms with Crippen molar-refractivity contribution in [1.82, 2.24) is 9.97 Å². The summed E-state index contributed by atoms with van der Waals surface area (Å²) in [6.07, 6.45) is 3.56. The maximum Gasteiger partial charge on any atom is 0.195 e. The van der Waals surface area contributed by atoms with Gasteiger partial charge >= 0.3 is 0 Å². The maximum atomic E-state index is 11.4. The van der Waals surface area contributed by atoms with Crippen LogP contribution in [0.1, 0.15) is 24.3 Å². The van der Waals surface area contributed by atoms with Crippen molar-refractivity contribution in [3.8, 4) is 0 Å². The molecule has 0 aliphatic rings. The van der Waals surface area contributed by atoms with Crippen molar-refractivity contribution in [3.05, 3.63) is 30.2 Å². The highest BCUT2D eigenvalue weighted by Gasteiger charge is 2.12. The summed E-state index contributed by atoms with van der Waals surface area (Å²) >= 11 is 0. The van der Waals surface area contributed by atoms with Crippen LogP contribution in [0.4, 0.5) is 5.69 Å². The molecule has 92 valence electrons. The molecule has 0 fully saturated rings. The fraction of sp³-hybridized carbons (Fsp3) is 0.308. The summed E-state index contributed by atoms with van der Waals surface area (Å²) in [6, 6.07) is 3.98. The molecule has 0 unspecified atom stereocenters. The molecule has 0 bridgehead atoms. The van der Waals surface area contributed by atoms with E-state index in [0.29, 0.717) is 11.7 Å². The van der Waals surface area contributed by atoms with E-state index in [2.05, 4.69) is 28.7 Å². The molecule has 0 atom stereocenters. The third kappa shape index (κ3) is 2.21. The van der Waals surface area contributed by atoms with Crippen LogP contribution in [-0.2, 0) is 0 Å². The van der Waals surface area contributed by atoms with E-state index in [1.807, 2.05) is 13.1 Å². The Morgan fingerprint density at radius 3 is 2.67 bits per heavy atom. The van der Waals surface area contributed by atoms with Crippen LogP contribution in [0, 0.1) is 0 Å². The number of nitrogens with zero attached hydrogens (tertiary/aromatic N) is 3. The molecule has 0 aromatic carbocycles. The van der Waals surface area contributed by atoms with Crippen molar-refractivity contribution >= 4 is 30.1 Å². The van der Waals surface area contributed by atoms with E-state index in [9.17, 15) is 4.79 Å². The van der Waals surface area contributed by atoms with Crippen molar-refractivity contribution in [2.45, 2.75) is 19.9 Å². The molecule has 0 radical (unpaired) electrons. The Morgan fingerprint density at radius 1 is 1.33 bits per heavy atom. The van der Waals surface area contributed by atoms with Crippen LogP contribution < -0.4 is 4.90 Å². The lowest BCUT2D eigenvalue weighted by atomic mass is 9.98. The number of carbonyl (C=O) groups excluding carboxylic acids is 1. The van der Waals surface area contributed by atoms with Gasteiger partial charge in [0, 0.05) is 24.7 Å². The fourth-order valence-electron chi connectivity index (χ4n) is 1.76. The number of pyridine rings is 2. The molecule has 0 spiro atoms. The molecule has 2 aromatic rings. The van der Waals surface area contributed by atoms with Crippen LogP contribution in [0.3, 0.4) is 0 Å². The summed E-state index contributed by atoms with van der Waals surface area (Å²) in [5.41, 5.74) is 2.25. The van der Waals surface area contributed by atoms with Crippen LogP contribution in [0.5, 0.6) is 0 Å². The van der Waals surface area contributed by atoms with E-state index in [1.165, 1.54) is 7.85 Å². The predicted molar refractivity (Wildman–Crippen MR) is 76.0 cm³/mol. The van der Waals surface area contributed by atoms with Gasteiger partial charge in [0.2, 0.25) is 0 Å². The minimum atomic E-state index is -0.0214. The minimum absolute atomic E-state index is 0.0214. The molecule has 0 aliphatic heterocycles. The van der Waals surface area contributed by atoms with Crippen LogP contribution in [0.25, 0.3) is 10.9 Å². The number of hydrogen-bond donors (Lipinski definition) is 0. The Bertz CT molecular complexity index is 598. The monoisotopic (exact) mass is 241 g/mol. The first-order chi connectivity index (χ1) is 8.50. The summed E-state index contributed by atoms with van der Waals surface area (Å²) in [4.78, 5) is 22.2. The normalized spacial score (nSPS) is 10.9. The smallest absolute Gasteiger partial charge is 0.195 e. The van der Waals surface area contributed by atoms with Gasteiger partial charge in [0.1, 0.15) is 5.68 Å². The molecule has 0 saturated carbocycles. The number of fused-ring (bicyclic) bond motifs is 1. The van der Waals surface area contributed by atoms with Crippen molar-refractivity contribution in [3.63, 3.8) is 0 Å². The SMILES string of the molecule is BC(=O)c1ccc2cncc(N(C)C(C)C)c2n1. The van der Waals surface area contributed by atoms with Gasteiger partial charge in [0.05, 0.1) is 23.1 Å². The first-order valence-corrected chi connectivity index (χ1v) is 5.99. The van der Waals surface area contributed by atoms with Gasteiger partial charge in [0.15, 0.2) is 7.85 Å². The van der Waals surface area contributed by atoms with E-state index < -0.39 is 0 Å². The van der Waals surface area contributed by atoms with Gasteiger partial charge in [-0.25, -0.2) is 4.98 Å². The highest BCUT2D eigenvalue weighted by atomic mass is 16.1. The summed E-state index contributed by atoms with van der Waals surface area (Å²) in [6.45, 7) is 4.21.